The van der Waals surface area contributed by atoms with Gasteiger partial charge in [-0.2, -0.15) is 11.8 Å². The van der Waals surface area contributed by atoms with Gasteiger partial charge in [0.2, 0.25) is 11.8 Å². The van der Waals surface area contributed by atoms with E-state index in [1.165, 1.54) is 7.11 Å². The largest absolute Gasteiger partial charge is 0.496 e. The van der Waals surface area contributed by atoms with Gasteiger partial charge in [0.1, 0.15) is 11.8 Å². The van der Waals surface area contributed by atoms with Crippen LogP contribution in [0.4, 0.5) is 0 Å². The Labute approximate surface area is 195 Å². The van der Waals surface area contributed by atoms with Gasteiger partial charge < -0.3 is 19.9 Å². The predicted octanol–water partition coefficient (Wildman–Crippen LogP) is 1.56. The van der Waals surface area contributed by atoms with Crippen molar-refractivity contribution < 1.29 is 19.1 Å². The van der Waals surface area contributed by atoms with E-state index < -0.39 is 6.04 Å². The van der Waals surface area contributed by atoms with Gasteiger partial charge in [-0.1, -0.05) is 12.1 Å². The number of nitrogens with one attached hydrogen (secondary N) is 1. The highest BCUT2D eigenvalue weighted by atomic mass is 32.2. The fourth-order valence-electron chi connectivity index (χ4n) is 3.78. The zero-order valence-electron chi connectivity index (χ0n) is 19.6. The number of methoxy groups -OCH3 is 1. The third-order valence-electron chi connectivity index (χ3n) is 5.72. The average Bonchev–Trinajstić information content (AvgIpc) is 2.82. The molecule has 0 radical (unpaired) electrons. The van der Waals surface area contributed by atoms with Gasteiger partial charge in [0.25, 0.3) is 5.91 Å². The van der Waals surface area contributed by atoms with Crippen LogP contribution in [-0.2, 0) is 9.59 Å². The summed E-state index contributed by atoms with van der Waals surface area (Å²) < 4.78 is 5.29. The van der Waals surface area contributed by atoms with E-state index in [2.05, 4.69) is 10.2 Å². The average molecular weight is 465 g/mol. The van der Waals surface area contributed by atoms with E-state index in [1.54, 1.807) is 40.9 Å². The lowest BCUT2D eigenvalue weighted by molar-refractivity contribution is -0.136. The number of carbonyl (C=O) groups is 3. The fraction of sp³-hybridized carbons (Fsp3) is 0.609. The lowest BCUT2D eigenvalue weighted by atomic mass is 10.1. The second kappa shape index (κ2) is 13.3. The van der Waals surface area contributed by atoms with Gasteiger partial charge >= 0.3 is 0 Å². The minimum atomic E-state index is -0.594. The summed E-state index contributed by atoms with van der Waals surface area (Å²) in [4.78, 5) is 44.2. The quantitative estimate of drug-likeness (QED) is 0.535. The van der Waals surface area contributed by atoms with Crippen LogP contribution in [-0.4, -0.2) is 103 Å². The van der Waals surface area contributed by atoms with Crippen LogP contribution >= 0.6 is 11.8 Å². The molecule has 1 N–H and O–H groups in total. The van der Waals surface area contributed by atoms with E-state index in [4.69, 9.17) is 4.74 Å². The zero-order chi connectivity index (χ0) is 23.5. The Kier molecular flexibility index (Phi) is 10.8. The van der Waals surface area contributed by atoms with Crippen molar-refractivity contribution in [2.45, 2.75) is 26.3 Å². The molecule has 1 saturated heterocycles. The first-order chi connectivity index (χ1) is 15.4. The first-order valence-electron chi connectivity index (χ1n) is 11.2. The number of thioether (sulfide) groups is 1. The SMILES string of the molecule is CCN(CC)C(=O)CN1CCN(C(=O)C(CCSC)NC(=O)c2ccccc2OC)CC1. The van der Waals surface area contributed by atoms with Gasteiger partial charge in [0, 0.05) is 39.3 Å². The number of nitrogens with zero attached hydrogens (tertiary/aromatic N) is 3. The second-order valence-electron chi connectivity index (χ2n) is 7.68. The Morgan fingerprint density at radius 1 is 1.12 bits per heavy atom. The number of piperazine rings is 1. The highest BCUT2D eigenvalue weighted by Crippen LogP contribution is 2.18. The summed E-state index contributed by atoms with van der Waals surface area (Å²) in [7, 11) is 1.52. The van der Waals surface area contributed by atoms with E-state index in [1.807, 2.05) is 25.0 Å². The Hall–Kier alpha value is -2.26. The standard InChI is InChI=1S/C23H36N4O4S/c1-5-26(6-2)21(28)17-25-12-14-27(15-13-25)23(30)19(11-16-32-4)24-22(29)18-9-7-8-10-20(18)31-3/h7-10,19H,5-6,11-17H2,1-4H3,(H,24,29). The van der Waals surface area contributed by atoms with Crippen molar-refractivity contribution in [3.63, 3.8) is 0 Å². The molecule has 0 aromatic heterocycles. The number of hydrogen-bond donors (Lipinski definition) is 1. The molecular weight excluding hydrogens is 428 g/mol. The molecular formula is C23H36N4O4S. The summed E-state index contributed by atoms with van der Waals surface area (Å²) in [5.74, 6) is 0.979. The van der Waals surface area contributed by atoms with E-state index >= 15 is 0 Å². The Balaban J connectivity index is 1.98. The lowest BCUT2D eigenvalue weighted by Crippen LogP contribution is -2.56. The molecule has 1 fully saturated rings. The van der Waals surface area contributed by atoms with Crippen molar-refractivity contribution >= 4 is 29.5 Å². The molecule has 1 aliphatic rings. The Morgan fingerprint density at radius 3 is 2.38 bits per heavy atom. The monoisotopic (exact) mass is 464 g/mol. The van der Waals surface area contributed by atoms with Crippen LogP contribution in [0.1, 0.15) is 30.6 Å². The topological polar surface area (TPSA) is 82.2 Å². The minimum absolute atomic E-state index is 0.0722. The molecule has 1 aromatic rings. The zero-order valence-corrected chi connectivity index (χ0v) is 20.5. The number of para-hydroxylation sites is 1. The van der Waals surface area contributed by atoms with Crippen molar-refractivity contribution in [3.8, 4) is 5.75 Å². The van der Waals surface area contributed by atoms with Crippen LogP contribution in [0.2, 0.25) is 0 Å². The molecule has 0 spiro atoms. The first-order valence-corrected chi connectivity index (χ1v) is 12.6. The number of rotatable bonds is 11. The molecule has 2 rings (SSSR count). The molecule has 8 nitrogen and oxygen atoms in total. The molecule has 1 aliphatic heterocycles. The molecule has 0 aliphatic carbocycles. The molecule has 178 valence electrons. The molecule has 1 heterocycles. The van der Waals surface area contributed by atoms with Gasteiger partial charge in [-0.25, -0.2) is 0 Å². The van der Waals surface area contributed by atoms with Crippen LogP contribution < -0.4 is 10.1 Å². The molecule has 0 saturated carbocycles. The molecule has 3 amide bonds. The summed E-state index contributed by atoms with van der Waals surface area (Å²) in [6, 6.07) is 6.40. The van der Waals surface area contributed by atoms with Gasteiger partial charge in [0.15, 0.2) is 0 Å². The Bertz CT molecular complexity index is 764. The minimum Gasteiger partial charge on any atom is -0.496 e. The van der Waals surface area contributed by atoms with Gasteiger partial charge in [-0.15, -0.1) is 0 Å². The summed E-state index contributed by atoms with van der Waals surface area (Å²) in [6.45, 7) is 8.13. The molecule has 1 atom stereocenters. The van der Waals surface area contributed by atoms with Crippen LogP contribution in [0.5, 0.6) is 5.75 Å². The Morgan fingerprint density at radius 2 is 1.78 bits per heavy atom. The van der Waals surface area contributed by atoms with E-state index in [9.17, 15) is 14.4 Å². The lowest BCUT2D eigenvalue weighted by Gasteiger charge is -2.37. The number of ether oxygens (including phenoxy) is 1. The number of likely N-dealkylation sites (N-methyl/N-ethyl adjacent to an activating group) is 1. The summed E-state index contributed by atoms with van der Waals surface area (Å²) in [6.07, 6.45) is 2.54. The highest BCUT2D eigenvalue weighted by molar-refractivity contribution is 7.98. The normalized spacial score (nSPS) is 15.2. The fourth-order valence-corrected chi connectivity index (χ4v) is 4.25. The number of amides is 3. The van der Waals surface area contributed by atoms with E-state index in [0.717, 1.165) is 5.75 Å². The molecule has 32 heavy (non-hydrogen) atoms. The summed E-state index contributed by atoms with van der Waals surface area (Å²) in [5, 5.41) is 2.92. The predicted molar refractivity (Wildman–Crippen MR) is 128 cm³/mol. The summed E-state index contributed by atoms with van der Waals surface area (Å²) in [5.41, 5.74) is 0.414. The molecule has 9 heteroatoms. The smallest absolute Gasteiger partial charge is 0.255 e. The third kappa shape index (κ3) is 7.13. The van der Waals surface area contributed by atoms with Crippen molar-refractivity contribution in [3.05, 3.63) is 29.8 Å². The van der Waals surface area contributed by atoms with Crippen LogP contribution in [0, 0.1) is 0 Å². The van der Waals surface area contributed by atoms with Crippen LogP contribution in [0.15, 0.2) is 24.3 Å². The van der Waals surface area contributed by atoms with Crippen LogP contribution in [0.25, 0.3) is 0 Å². The van der Waals surface area contributed by atoms with Crippen molar-refractivity contribution in [2.75, 3.05) is 64.9 Å². The third-order valence-corrected chi connectivity index (χ3v) is 6.37. The van der Waals surface area contributed by atoms with Gasteiger partial charge in [0.05, 0.1) is 19.2 Å². The maximum absolute atomic E-state index is 13.2. The molecule has 0 bridgehead atoms. The highest BCUT2D eigenvalue weighted by Gasteiger charge is 2.30. The number of carbonyl (C=O) groups excluding carboxylic acids is 3. The van der Waals surface area contributed by atoms with Crippen molar-refractivity contribution in [1.29, 1.82) is 0 Å². The van der Waals surface area contributed by atoms with Crippen molar-refractivity contribution in [2.24, 2.45) is 0 Å². The second-order valence-corrected chi connectivity index (χ2v) is 8.66. The number of benzene rings is 1. The maximum Gasteiger partial charge on any atom is 0.255 e. The number of hydrogen-bond acceptors (Lipinski definition) is 6. The maximum atomic E-state index is 13.2. The van der Waals surface area contributed by atoms with Gasteiger partial charge in [-0.05, 0) is 44.4 Å². The van der Waals surface area contributed by atoms with Crippen molar-refractivity contribution in [1.82, 2.24) is 20.0 Å². The van der Waals surface area contributed by atoms with E-state index in [-0.39, 0.29) is 17.7 Å². The van der Waals surface area contributed by atoms with E-state index in [0.29, 0.717) is 63.5 Å². The first kappa shape index (κ1) is 26.0. The van der Waals surface area contributed by atoms with Crippen LogP contribution in [0.3, 0.4) is 0 Å². The summed E-state index contributed by atoms with van der Waals surface area (Å²) >= 11 is 1.64. The molecule has 1 aromatic carbocycles. The molecule has 1 unspecified atom stereocenters. The van der Waals surface area contributed by atoms with Gasteiger partial charge in [-0.3, -0.25) is 19.3 Å².